The molecular weight excluding hydrogens is 268 g/mol. The maximum atomic E-state index is 11.5. The van der Waals surface area contributed by atoms with Gasteiger partial charge in [-0.3, -0.25) is 0 Å². The molecule has 1 aromatic rings. The Labute approximate surface area is 116 Å². The number of halogens is 1. The lowest BCUT2D eigenvalue weighted by Crippen LogP contribution is -2.22. The first-order valence-corrected chi connectivity index (χ1v) is 6.01. The van der Waals surface area contributed by atoms with Crippen LogP contribution in [0.2, 0.25) is 5.02 Å². The maximum absolute atomic E-state index is 11.5. The fraction of sp³-hybridized carbons (Fsp3) is 0.286. The van der Waals surface area contributed by atoms with Crippen LogP contribution in [0, 0.1) is 0 Å². The van der Waals surface area contributed by atoms with Crippen molar-refractivity contribution < 1.29 is 19.4 Å². The van der Waals surface area contributed by atoms with Crippen LogP contribution in [-0.4, -0.2) is 22.6 Å². The summed E-state index contributed by atoms with van der Waals surface area (Å²) in [5.41, 5.74) is 0.101. The average Bonchev–Trinajstić information content (AvgIpc) is 2.23. The Kier molecular flexibility index (Phi) is 4.72. The van der Waals surface area contributed by atoms with Crippen molar-refractivity contribution >= 4 is 29.6 Å². The molecule has 0 aromatic heterocycles. The molecule has 0 aliphatic heterocycles. The molecule has 5 heteroatoms. The van der Waals surface area contributed by atoms with Gasteiger partial charge in [0.2, 0.25) is 0 Å². The van der Waals surface area contributed by atoms with Gasteiger partial charge in [0.15, 0.2) is 0 Å². The van der Waals surface area contributed by atoms with E-state index in [1.165, 1.54) is 24.3 Å². The number of carbonyl (C=O) groups excluding carboxylic acids is 1. The van der Waals surface area contributed by atoms with Crippen molar-refractivity contribution in [1.82, 2.24) is 0 Å². The third-order valence-electron chi connectivity index (χ3n) is 2.04. The van der Waals surface area contributed by atoms with E-state index in [1.54, 1.807) is 26.8 Å². The summed E-state index contributed by atoms with van der Waals surface area (Å²) in [6.07, 6.45) is 2.79. The normalized spacial score (nSPS) is 11.6. The molecule has 102 valence electrons. The van der Waals surface area contributed by atoms with Crippen molar-refractivity contribution in [2.24, 2.45) is 0 Å². The van der Waals surface area contributed by atoms with Crippen LogP contribution in [0.5, 0.6) is 0 Å². The average molecular weight is 283 g/mol. The third-order valence-corrected chi connectivity index (χ3v) is 2.35. The van der Waals surface area contributed by atoms with Crippen LogP contribution < -0.4 is 0 Å². The minimum absolute atomic E-state index is 0.0242. The zero-order valence-electron chi connectivity index (χ0n) is 10.9. The highest BCUT2D eigenvalue weighted by Crippen LogP contribution is 2.19. The van der Waals surface area contributed by atoms with Crippen LogP contribution in [0.3, 0.4) is 0 Å². The Morgan fingerprint density at radius 1 is 1.32 bits per heavy atom. The van der Waals surface area contributed by atoms with E-state index in [0.717, 1.165) is 0 Å². The first-order chi connectivity index (χ1) is 8.69. The third kappa shape index (κ3) is 5.14. The molecule has 0 bridgehead atoms. The smallest absolute Gasteiger partial charge is 0.337 e. The van der Waals surface area contributed by atoms with E-state index in [1.807, 2.05) is 0 Å². The van der Waals surface area contributed by atoms with E-state index in [9.17, 15) is 9.59 Å². The lowest BCUT2D eigenvalue weighted by Gasteiger charge is -2.17. The van der Waals surface area contributed by atoms with Gasteiger partial charge in [0, 0.05) is 6.08 Å². The Bertz CT molecular complexity index is 527. The molecule has 0 fully saturated rings. The molecule has 0 unspecified atom stereocenters. The molecule has 0 radical (unpaired) electrons. The summed E-state index contributed by atoms with van der Waals surface area (Å²) < 4.78 is 5.10. The van der Waals surface area contributed by atoms with E-state index < -0.39 is 17.5 Å². The summed E-state index contributed by atoms with van der Waals surface area (Å²) in [5, 5.41) is 8.95. The minimum Gasteiger partial charge on any atom is -0.478 e. The van der Waals surface area contributed by atoms with Gasteiger partial charge in [0.1, 0.15) is 5.60 Å². The summed E-state index contributed by atoms with van der Waals surface area (Å²) in [7, 11) is 0. The van der Waals surface area contributed by atoms with Crippen molar-refractivity contribution in [3.05, 3.63) is 40.4 Å². The highest BCUT2D eigenvalue weighted by molar-refractivity contribution is 6.33. The summed E-state index contributed by atoms with van der Waals surface area (Å²) in [5.74, 6) is -1.56. The molecule has 0 saturated carbocycles. The lowest BCUT2D eigenvalue weighted by molar-refractivity contribution is -0.148. The molecule has 4 nitrogen and oxygen atoms in total. The van der Waals surface area contributed by atoms with Crippen molar-refractivity contribution in [1.29, 1.82) is 0 Å². The van der Waals surface area contributed by atoms with Gasteiger partial charge in [-0.2, -0.15) is 0 Å². The van der Waals surface area contributed by atoms with Gasteiger partial charge in [-0.25, -0.2) is 9.59 Å². The van der Waals surface area contributed by atoms with Crippen molar-refractivity contribution in [3.63, 3.8) is 0 Å². The van der Waals surface area contributed by atoms with Gasteiger partial charge < -0.3 is 9.84 Å². The molecular formula is C14H15ClO4. The molecule has 0 aliphatic carbocycles. The Morgan fingerprint density at radius 3 is 2.42 bits per heavy atom. The first kappa shape index (κ1) is 15.2. The summed E-state index contributed by atoms with van der Waals surface area (Å²) in [4.78, 5) is 22.2. The standard InChI is InChI=1S/C14H15ClO4/c1-14(2,3)19-12(16)7-5-9-4-6-10(13(17)18)11(15)8-9/h4-8H,1-3H3,(H,17,18)/b7-5+. The van der Waals surface area contributed by atoms with E-state index >= 15 is 0 Å². The molecule has 0 aliphatic rings. The monoisotopic (exact) mass is 282 g/mol. The molecule has 1 N–H and O–H groups in total. The van der Waals surface area contributed by atoms with Crippen molar-refractivity contribution in [2.45, 2.75) is 26.4 Å². The number of carboxylic acid groups (broad SMARTS) is 1. The van der Waals surface area contributed by atoms with Crippen LogP contribution in [0.25, 0.3) is 6.08 Å². The molecule has 19 heavy (non-hydrogen) atoms. The largest absolute Gasteiger partial charge is 0.478 e. The molecule has 0 amide bonds. The van der Waals surface area contributed by atoms with Crippen LogP contribution in [0.4, 0.5) is 0 Å². The molecule has 1 aromatic carbocycles. The SMILES string of the molecule is CC(C)(C)OC(=O)/C=C/c1ccc(C(=O)O)c(Cl)c1. The minimum atomic E-state index is -1.09. The number of benzene rings is 1. The van der Waals surface area contributed by atoms with E-state index in [0.29, 0.717) is 5.56 Å². The zero-order chi connectivity index (χ0) is 14.6. The number of ether oxygens (including phenoxy) is 1. The van der Waals surface area contributed by atoms with Gasteiger partial charge >= 0.3 is 11.9 Å². The predicted octanol–water partition coefficient (Wildman–Crippen LogP) is 3.39. The van der Waals surface area contributed by atoms with E-state index in [-0.39, 0.29) is 10.6 Å². The number of hydrogen-bond acceptors (Lipinski definition) is 3. The fourth-order valence-corrected chi connectivity index (χ4v) is 1.58. The summed E-state index contributed by atoms with van der Waals surface area (Å²) >= 11 is 5.82. The van der Waals surface area contributed by atoms with Crippen LogP contribution in [0.1, 0.15) is 36.7 Å². The second-order valence-corrected chi connectivity index (χ2v) is 5.32. The number of carbonyl (C=O) groups is 2. The van der Waals surface area contributed by atoms with Gasteiger partial charge in [-0.05, 0) is 44.5 Å². The highest BCUT2D eigenvalue weighted by Gasteiger charge is 2.14. The van der Waals surface area contributed by atoms with E-state index in [4.69, 9.17) is 21.4 Å². The second-order valence-electron chi connectivity index (χ2n) is 4.91. The maximum Gasteiger partial charge on any atom is 0.337 e. The van der Waals surface area contributed by atoms with Crippen molar-refractivity contribution in [3.8, 4) is 0 Å². The van der Waals surface area contributed by atoms with Crippen LogP contribution in [0.15, 0.2) is 24.3 Å². The van der Waals surface area contributed by atoms with Gasteiger partial charge in [0.05, 0.1) is 10.6 Å². The number of carboxylic acids is 1. The Balaban J connectivity index is 2.81. The first-order valence-electron chi connectivity index (χ1n) is 5.63. The number of esters is 1. The molecule has 0 heterocycles. The Hall–Kier alpha value is -1.81. The number of aromatic carboxylic acids is 1. The summed E-state index contributed by atoms with van der Waals surface area (Å²) in [6, 6.07) is 4.43. The summed E-state index contributed by atoms with van der Waals surface area (Å²) in [6.45, 7) is 5.33. The van der Waals surface area contributed by atoms with Gasteiger partial charge in [0.25, 0.3) is 0 Å². The zero-order valence-corrected chi connectivity index (χ0v) is 11.7. The predicted molar refractivity (Wildman–Crippen MR) is 73.3 cm³/mol. The number of rotatable bonds is 3. The van der Waals surface area contributed by atoms with Crippen molar-refractivity contribution in [2.75, 3.05) is 0 Å². The van der Waals surface area contributed by atoms with Gasteiger partial charge in [-0.1, -0.05) is 17.7 Å². The van der Waals surface area contributed by atoms with Gasteiger partial charge in [-0.15, -0.1) is 0 Å². The molecule has 0 saturated heterocycles. The quantitative estimate of drug-likeness (QED) is 0.682. The number of hydrogen-bond donors (Lipinski definition) is 1. The second kappa shape index (κ2) is 5.89. The molecule has 0 atom stereocenters. The highest BCUT2D eigenvalue weighted by atomic mass is 35.5. The topological polar surface area (TPSA) is 63.6 Å². The van der Waals surface area contributed by atoms with Crippen LogP contribution >= 0.6 is 11.6 Å². The molecule has 1 rings (SSSR count). The molecule has 0 spiro atoms. The Morgan fingerprint density at radius 2 is 1.95 bits per heavy atom. The lowest BCUT2D eigenvalue weighted by atomic mass is 10.1. The fourth-order valence-electron chi connectivity index (χ4n) is 1.31. The van der Waals surface area contributed by atoms with E-state index in [2.05, 4.69) is 0 Å². The van der Waals surface area contributed by atoms with Crippen LogP contribution in [-0.2, 0) is 9.53 Å².